The Morgan fingerprint density at radius 3 is 2.73 bits per heavy atom. The van der Waals surface area contributed by atoms with Gasteiger partial charge in [0, 0.05) is 11.4 Å². The SMILES string of the molecule is CC1Cc2c(Cl)cc(C(=O)N[C@@H](C)C(=O)O)c(O)c2C(=O)O1. The Kier molecular flexibility index (Phi) is 4.27. The van der Waals surface area contributed by atoms with Gasteiger partial charge in [-0.2, -0.15) is 0 Å². The number of carbonyl (C=O) groups is 3. The van der Waals surface area contributed by atoms with Crippen LogP contribution in [-0.4, -0.2) is 40.2 Å². The Bertz CT molecular complexity index is 672. The highest BCUT2D eigenvalue weighted by Crippen LogP contribution is 2.36. The molecule has 22 heavy (non-hydrogen) atoms. The first-order valence-corrected chi connectivity index (χ1v) is 6.89. The summed E-state index contributed by atoms with van der Waals surface area (Å²) in [5.41, 5.74) is -0.0205. The fourth-order valence-electron chi connectivity index (χ4n) is 2.18. The number of aliphatic carboxylic acids is 1. The zero-order valence-corrected chi connectivity index (χ0v) is 12.6. The van der Waals surface area contributed by atoms with Crippen molar-refractivity contribution in [2.24, 2.45) is 0 Å². The zero-order chi connectivity index (χ0) is 16.6. The van der Waals surface area contributed by atoms with Gasteiger partial charge in [0.05, 0.1) is 5.56 Å². The van der Waals surface area contributed by atoms with Crippen LogP contribution >= 0.6 is 11.6 Å². The van der Waals surface area contributed by atoms with Crippen LogP contribution in [0.2, 0.25) is 5.02 Å². The molecule has 0 radical (unpaired) electrons. The van der Waals surface area contributed by atoms with E-state index in [0.717, 1.165) is 0 Å². The molecule has 1 unspecified atom stereocenters. The van der Waals surface area contributed by atoms with Crippen LogP contribution in [0.15, 0.2) is 6.07 Å². The summed E-state index contributed by atoms with van der Waals surface area (Å²) < 4.78 is 5.02. The van der Waals surface area contributed by atoms with E-state index in [9.17, 15) is 19.5 Å². The number of cyclic esters (lactones) is 1. The van der Waals surface area contributed by atoms with Gasteiger partial charge < -0.3 is 20.3 Å². The molecule has 0 spiro atoms. The van der Waals surface area contributed by atoms with E-state index in [0.29, 0.717) is 12.0 Å². The van der Waals surface area contributed by atoms with Crippen LogP contribution in [0.5, 0.6) is 5.75 Å². The first kappa shape index (κ1) is 16.1. The number of phenolic OH excluding ortho intramolecular Hbond substituents is 1. The maximum atomic E-state index is 12.0. The fourth-order valence-corrected chi connectivity index (χ4v) is 2.46. The molecule has 7 nitrogen and oxygen atoms in total. The number of nitrogens with one attached hydrogen (secondary N) is 1. The molecule has 1 amide bonds. The largest absolute Gasteiger partial charge is 0.506 e. The molecule has 0 saturated carbocycles. The van der Waals surface area contributed by atoms with E-state index in [1.807, 2.05) is 0 Å². The number of benzene rings is 1. The third-order valence-corrected chi connectivity index (χ3v) is 3.66. The maximum absolute atomic E-state index is 12.0. The molecule has 118 valence electrons. The number of ether oxygens (including phenoxy) is 1. The number of esters is 1. The number of phenols is 1. The van der Waals surface area contributed by atoms with E-state index in [1.165, 1.54) is 13.0 Å². The van der Waals surface area contributed by atoms with E-state index < -0.39 is 29.6 Å². The minimum Gasteiger partial charge on any atom is -0.506 e. The van der Waals surface area contributed by atoms with Gasteiger partial charge in [-0.15, -0.1) is 0 Å². The number of hydrogen-bond donors (Lipinski definition) is 3. The summed E-state index contributed by atoms with van der Waals surface area (Å²) in [6.45, 7) is 2.95. The number of fused-ring (bicyclic) bond motifs is 1. The van der Waals surface area contributed by atoms with Gasteiger partial charge in [-0.25, -0.2) is 4.79 Å². The molecule has 3 N–H and O–H groups in total. The van der Waals surface area contributed by atoms with Gasteiger partial charge >= 0.3 is 11.9 Å². The average Bonchev–Trinajstić information content (AvgIpc) is 2.41. The van der Waals surface area contributed by atoms with Gasteiger partial charge in [0.1, 0.15) is 23.5 Å². The van der Waals surface area contributed by atoms with Crippen LogP contribution in [0.4, 0.5) is 0 Å². The topological polar surface area (TPSA) is 113 Å². The van der Waals surface area contributed by atoms with E-state index in [1.54, 1.807) is 6.92 Å². The van der Waals surface area contributed by atoms with Gasteiger partial charge in [0.15, 0.2) is 0 Å². The summed E-state index contributed by atoms with van der Waals surface area (Å²) in [5.74, 6) is -3.41. The lowest BCUT2D eigenvalue weighted by molar-refractivity contribution is -0.138. The first-order chi connectivity index (χ1) is 10.2. The third kappa shape index (κ3) is 2.85. The van der Waals surface area contributed by atoms with Gasteiger partial charge in [-0.05, 0) is 25.5 Å². The number of hydrogen-bond acceptors (Lipinski definition) is 5. The Morgan fingerprint density at radius 2 is 2.14 bits per heavy atom. The summed E-state index contributed by atoms with van der Waals surface area (Å²) in [4.78, 5) is 34.7. The Labute approximate surface area is 130 Å². The molecule has 8 heteroatoms. The number of carbonyl (C=O) groups excluding carboxylic acids is 2. The second-order valence-electron chi connectivity index (χ2n) is 5.06. The zero-order valence-electron chi connectivity index (χ0n) is 11.8. The van der Waals surface area contributed by atoms with Crippen molar-refractivity contribution in [3.63, 3.8) is 0 Å². The highest BCUT2D eigenvalue weighted by molar-refractivity contribution is 6.32. The Balaban J connectivity index is 2.45. The van der Waals surface area contributed by atoms with Gasteiger partial charge in [-0.3, -0.25) is 9.59 Å². The number of rotatable bonds is 3. The standard InChI is InChI=1S/C14H14ClNO6/c1-5-3-7-9(15)4-8(11(17)10(7)14(21)22-5)12(18)16-6(2)13(19)20/h4-6,17H,3H2,1-2H3,(H,16,18)(H,19,20)/t5?,6-/m0/s1. The molecule has 1 aromatic carbocycles. The Hall–Kier alpha value is -2.28. The number of aromatic hydroxyl groups is 1. The van der Waals surface area contributed by atoms with Crippen LogP contribution in [0.25, 0.3) is 0 Å². The molecule has 2 atom stereocenters. The van der Waals surface area contributed by atoms with Crippen LogP contribution in [0.1, 0.15) is 40.1 Å². The van der Waals surface area contributed by atoms with E-state index in [2.05, 4.69) is 5.32 Å². The van der Waals surface area contributed by atoms with E-state index in [-0.39, 0.29) is 22.3 Å². The smallest absolute Gasteiger partial charge is 0.342 e. The lowest BCUT2D eigenvalue weighted by atomic mass is 9.95. The van der Waals surface area contributed by atoms with Crippen molar-refractivity contribution in [3.8, 4) is 5.75 Å². The lowest BCUT2D eigenvalue weighted by Crippen LogP contribution is -2.38. The van der Waals surface area contributed by atoms with Gasteiger partial charge in [0.25, 0.3) is 5.91 Å². The van der Waals surface area contributed by atoms with Crippen molar-refractivity contribution < 1.29 is 29.3 Å². The van der Waals surface area contributed by atoms with Crippen molar-refractivity contribution in [2.45, 2.75) is 32.4 Å². The number of carboxylic acids is 1. The number of halogens is 1. The molecular weight excluding hydrogens is 314 g/mol. The third-order valence-electron chi connectivity index (χ3n) is 3.32. The van der Waals surface area contributed by atoms with Crippen LogP contribution < -0.4 is 5.32 Å². The summed E-state index contributed by atoms with van der Waals surface area (Å²) in [6.07, 6.45) is -0.0652. The number of carboxylic acid groups (broad SMARTS) is 1. The molecule has 1 aromatic rings. The van der Waals surface area contributed by atoms with Crippen molar-refractivity contribution in [1.29, 1.82) is 0 Å². The average molecular weight is 328 g/mol. The molecule has 1 heterocycles. The predicted molar refractivity (Wildman–Crippen MR) is 76.3 cm³/mol. The molecule has 2 rings (SSSR count). The molecule has 1 aliphatic rings. The van der Waals surface area contributed by atoms with Crippen molar-refractivity contribution in [3.05, 3.63) is 27.8 Å². The second-order valence-corrected chi connectivity index (χ2v) is 5.47. The monoisotopic (exact) mass is 327 g/mol. The molecule has 1 aliphatic heterocycles. The normalized spacial score (nSPS) is 18.1. The van der Waals surface area contributed by atoms with Crippen LogP contribution in [0, 0.1) is 0 Å². The summed E-state index contributed by atoms with van der Waals surface area (Å²) in [6, 6.07) is 0.0546. The second kappa shape index (κ2) is 5.84. The van der Waals surface area contributed by atoms with Crippen LogP contribution in [0.3, 0.4) is 0 Å². The van der Waals surface area contributed by atoms with Crippen molar-refractivity contribution >= 4 is 29.4 Å². The maximum Gasteiger partial charge on any atom is 0.342 e. The minimum absolute atomic E-state index is 0.143. The van der Waals surface area contributed by atoms with Crippen molar-refractivity contribution in [1.82, 2.24) is 5.32 Å². The summed E-state index contributed by atoms with van der Waals surface area (Å²) in [7, 11) is 0. The highest BCUT2D eigenvalue weighted by atomic mass is 35.5. The Morgan fingerprint density at radius 1 is 1.50 bits per heavy atom. The van der Waals surface area contributed by atoms with Gasteiger partial charge in [-0.1, -0.05) is 11.6 Å². The quantitative estimate of drug-likeness (QED) is 0.722. The minimum atomic E-state index is -1.23. The summed E-state index contributed by atoms with van der Waals surface area (Å²) in [5, 5.41) is 21.3. The molecule has 0 bridgehead atoms. The summed E-state index contributed by atoms with van der Waals surface area (Å²) >= 11 is 6.08. The molecule has 0 aliphatic carbocycles. The fraction of sp³-hybridized carbons (Fsp3) is 0.357. The molecular formula is C14H14ClNO6. The van der Waals surface area contributed by atoms with E-state index >= 15 is 0 Å². The molecule has 0 saturated heterocycles. The predicted octanol–water partition coefficient (Wildman–Crippen LogP) is 1.35. The molecule has 0 fully saturated rings. The first-order valence-electron chi connectivity index (χ1n) is 6.51. The van der Waals surface area contributed by atoms with Crippen LogP contribution in [-0.2, 0) is 16.0 Å². The molecule has 0 aromatic heterocycles. The van der Waals surface area contributed by atoms with Crippen molar-refractivity contribution in [2.75, 3.05) is 0 Å². The number of amides is 1. The lowest BCUT2D eigenvalue weighted by Gasteiger charge is -2.24. The highest BCUT2D eigenvalue weighted by Gasteiger charge is 2.32. The van der Waals surface area contributed by atoms with E-state index in [4.69, 9.17) is 21.4 Å². The van der Waals surface area contributed by atoms with Gasteiger partial charge in [0.2, 0.25) is 0 Å².